The number of benzene rings is 1. The van der Waals surface area contributed by atoms with Crippen LogP contribution in [0.1, 0.15) is 18.4 Å². The molecule has 0 aliphatic carbocycles. The third-order valence-electron chi connectivity index (χ3n) is 2.36. The summed E-state index contributed by atoms with van der Waals surface area (Å²) in [5.74, 6) is 0. The van der Waals surface area contributed by atoms with E-state index >= 15 is 0 Å². The summed E-state index contributed by atoms with van der Waals surface area (Å²) in [5, 5.41) is 2.53. The molecule has 3 N–H and O–H groups in total. The molecule has 106 valence electrons. The van der Waals surface area contributed by atoms with Gasteiger partial charge in [-0.25, -0.2) is 4.79 Å². The molecule has 1 rings (SSSR count). The van der Waals surface area contributed by atoms with Gasteiger partial charge in [-0.2, -0.15) is 0 Å². The molecule has 1 aromatic carbocycles. The van der Waals surface area contributed by atoms with Crippen molar-refractivity contribution < 1.29 is 23.9 Å². The summed E-state index contributed by atoms with van der Waals surface area (Å²) >= 11 is 0. The lowest BCUT2D eigenvalue weighted by Crippen LogP contribution is -2.25. The molecule has 0 bridgehead atoms. The number of unbranched alkanes of at least 4 members (excludes halogenated alkanes) is 1. The van der Waals surface area contributed by atoms with Crippen LogP contribution in [0.2, 0.25) is 0 Å². The minimum absolute atomic E-state index is 0.159. The first kappa shape index (κ1) is 15.7. The lowest BCUT2D eigenvalue weighted by Gasteiger charge is -2.07. The molecule has 0 heterocycles. The van der Waals surface area contributed by atoms with Gasteiger partial charge >= 0.3 is 13.7 Å². The summed E-state index contributed by atoms with van der Waals surface area (Å²) in [7, 11) is -3.93. The molecule has 0 radical (unpaired) electrons. The summed E-state index contributed by atoms with van der Waals surface area (Å²) in [6.45, 7) is 0.544. The van der Waals surface area contributed by atoms with Crippen LogP contribution >= 0.6 is 7.60 Å². The smallest absolute Gasteiger partial charge is 0.407 e. The molecular weight excluding hydrogens is 269 g/mol. The maximum Gasteiger partial charge on any atom is 0.407 e. The highest BCUT2D eigenvalue weighted by Crippen LogP contribution is 2.35. The fourth-order valence-electron chi connectivity index (χ4n) is 1.41. The van der Waals surface area contributed by atoms with Crippen molar-refractivity contribution in [2.45, 2.75) is 19.4 Å². The molecule has 0 aliphatic rings. The highest BCUT2D eigenvalue weighted by Gasteiger charge is 2.11. The van der Waals surface area contributed by atoms with E-state index in [2.05, 4.69) is 5.32 Å². The van der Waals surface area contributed by atoms with Crippen LogP contribution in [0.4, 0.5) is 4.79 Å². The normalized spacial score (nSPS) is 11.1. The summed E-state index contributed by atoms with van der Waals surface area (Å²) in [6, 6.07) is 9.31. The van der Waals surface area contributed by atoms with Gasteiger partial charge < -0.3 is 19.8 Å². The number of amides is 1. The molecule has 0 aromatic heterocycles. The van der Waals surface area contributed by atoms with Gasteiger partial charge in [-0.05, 0) is 18.4 Å². The topological polar surface area (TPSA) is 95.9 Å². The van der Waals surface area contributed by atoms with Crippen molar-refractivity contribution in [2.24, 2.45) is 0 Å². The molecule has 0 unspecified atom stereocenters. The Morgan fingerprint density at radius 2 is 1.89 bits per heavy atom. The first-order valence-corrected chi connectivity index (χ1v) is 7.76. The van der Waals surface area contributed by atoms with Crippen molar-refractivity contribution >= 4 is 13.7 Å². The average molecular weight is 287 g/mol. The third kappa shape index (κ3) is 8.37. The van der Waals surface area contributed by atoms with Crippen molar-refractivity contribution in [1.82, 2.24) is 5.32 Å². The Hall–Kier alpha value is -1.36. The molecule has 0 fully saturated rings. The minimum Gasteiger partial charge on any atom is -0.445 e. The third-order valence-corrected chi connectivity index (χ3v) is 3.26. The molecule has 1 amide bonds. The first-order chi connectivity index (χ1) is 8.97. The van der Waals surface area contributed by atoms with Crippen LogP contribution in [-0.4, -0.2) is 28.6 Å². The van der Waals surface area contributed by atoms with Gasteiger partial charge in [0, 0.05) is 12.7 Å². The Kier molecular flexibility index (Phi) is 6.56. The van der Waals surface area contributed by atoms with Crippen molar-refractivity contribution in [3.05, 3.63) is 35.9 Å². The fourth-order valence-corrected chi connectivity index (χ4v) is 2.04. The van der Waals surface area contributed by atoms with Gasteiger partial charge in [0.2, 0.25) is 0 Å². The number of alkyl carbamates (subject to hydrolysis) is 1. The Labute approximate surface area is 111 Å². The predicted molar refractivity (Wildman–Crippen MR) is 70.8 cm³/mol. The number of hydrogen-bond donors (Lipinski definition) is 3. The van der Waals surface area contributed by atoms with E-state index in [-0.39, 0.29) is 12.8 Å². The number of ether oxygens (including phenoxy) is 1. The van der Waals surface area contributed by atoms with Crippen molar-refractivity contribution in [2.75, 3.05) is 12.7 Å². The number of hydrogen-bond acceptors (Lipinski definition) is 3. The van der Waals surface area contributed by atoms with Gasteiger partial charge in [-0.15, -0.1) is 0 Å². The van der Waals surface area contributed by atoms with E-state index in [1.165, 1.54) is 0 Å². The van der Waals surface area contributed by atoms with E-state index in [1.54, 1.807) is 0 Å². The van der Waals surface area contributed by atoms with E-state index in [4.69, 9.17) is 14.5 Å². The van der Waals surface area contributed by atoms with Crippen molar-refractivity contribution in [3.8, 4) is 0 Å². The number of carbonyl (C=O) groups excluding carboxylic acids is 1. The number of rotatable bonds is 7. The maximum absolute atomic E-state index is 11.3. The fraction of sp³-hybridized carbons (Fsp3) is 0.417. The molecule has 1 aromatic rings. The largest absolute Gasteiger partial charge is 0.445 e. The molecule has 0 saturated carbocycles. The minimum atomic E-state index is -3.93. The SMILES string of the molecule is O=C(NCCCCP(=O)(O)O)OCc1ccccc1. The zero-order valence-electron chi connectivity index (χ0n) is 10.5. The van der Waals surface area contributed by atoms with Gasteiger partial charge in [0.1, 0.15) is 6.61 Å². The summed E-state index contributed by atoms with van der Waals surface area (Å²) in [6.07, 6.45) is 0.183. The van der Waals surface area contributed by atoms with Gasteiger partial charge in [0.15, 0.2) is 0 Å². The van der Waals surface area contributed by atoms with Crippen LogP contribution in [-0.2, 0) is 15.9 Å². The molecule has 0 atom stereocenters. The Balaban J connectivity index is 2.07. The van der Waals surface area contributed by atoms with E-state index < -0.39 is 13.7 Å². The number of carbonyl (C=O) groups is 1. The van der Waals surface area contributed by atoms with Crippen LogP contribution in [0.15, 0.2) is 30.3 Å². The van der Waals surface area contributed by atoms with E-state index in [9.17, 15) is 9.36 Å². The standard InChI is InChI=1S/C12H18NO5P/c14-12(13-8-4-5-9-19(15,16)17)18-10-11-6-2-1-3-7-11/h1-3,6-7H,4-5,8-10H2,(H,13,14)(H2,15,16,17). The zero-order valence-corrected chi connectivity index (χ0v) is 11.4. The van der Waals surface area contributed by atoms with E-state index in [0.29, 0.717) is 19.4 Å². The molecule has 0 saturated heterocycles. The lowest BCUT2D eigenvalue weighted by molar-refractivity contribution is 0.139. The summed E-state index contributed by atoms with van der Waals surface area (Å²) in [4.78, 5) is 28.6. The predicted octanol–water partition coefficient (Wildman–Crippen LogP) is 1.87. The van der Waals surface area contributed by atoms with Gasteiger partial charge in [0.25, 0.3) is 0 Å². The maximum atomic E-state index is 11.3. The first-order valence-electron chi connectivity index (χ1n) is 5.96. The van der Waals surface area contributed by atoms with Crippen molar-refractivity contribution in [3.63, 3.8) is 0 Å². The quantitative estimate of drug-likeness (QED) is 0.525. The summed E-state index contributed by atoms with van der Waals surface area (Å²) in [5.41, 5.74) is 0.902. The monoisotopic (exact) mass is 287 g/mol. The van der Waals surface area contributed by atoms with Crippen LogP contribution in [0.3, 0.4) is 0 Å². The van der Waals surface area contributed by atoms with Gasteiger partial charge in [-0.1, -0.05) is 30.3 Å². The second-order valence-corrected chi connectivity index (χ2v) is 5.86. The zero-order chi connectivity index (χ0) is 14.1. The van der Waals surface area contributed by atoms with Crippen LogP contribution < -0.4 is 5.32 Å². The second kappa shape index (κ2) is 7.94. The Morgan fingerprint density at radius 1 is 1.21 bits per heavy atom. The van der Waals surface area contributed by atoms with Crippen LogP contribution in [0, 0.1) is 0 Å². The number of nitrogens with one attached hydrogen (secondary N) is 1. The summed E-state index contributed by atoms with van der Waals surface area (Å²) < 4.78 is 15.5. The molecule has 7 heteroatoms. The molecule has 0 spiro atoms. The van der Waals surface area contributed by atoms with E-state index in [1.807, 2.05) is 30.3 Å². The highest BCUT2D eigenvalue weighted by molar-refractivity contribution is 7.51. The Morgan fingerprint density at radius 3 is 2.53 bits per heavy atom. The van der Waals surface area contributed by atoms with E-state index in [0.717, 1.165) is 5.56 Å². The van der Waals surface area contributed by atoms with Crippen LogP contribution in [0.5, 0.6) is 0 Å². The Bertz CT molecular complexity index is 431. The van der Waals surface area contributed by atoms with Crippen LogP contribution in [0.25, 0.3) is 0 Å². The molecular formula is C12H18NO5P. The lowest BCUT2D eigenvalue weighted by atomic mass is 10.2. The van der Waals surface area contributed by atoms with Gasteiger partial charge in [0.05, 0.1) is 0 Å². The molecule has 6 nitrogen and oxygen atoms in total. The molecule has 19 heavy (non-hydrogen) atoms. The van der Waals surface area contributed by atoms with Gasteiger partial charge in [-0.3, -0.25) is 4.57 Å². The average Bonchev–Trinajstić information content (AvgIpc) is 2.36. The van der Waals surface area contributed by atoms with Crippen molar-refractivity contribution in [1.29, 1.82) is 0 Å². The molecule has 0 aliphatic heterocycles. The second-order valence-electron chi connectivity index (χ2n) is 4.08. The highest BCUT2D eigenvalue weighted by atomic mass is 31.2.